The number of ether oxygens (including phenoxy) is 2. The van der Waals surface area contributed by atoms with Gasteiger partial charge in [0.25, 0.3) is 0 Å². The number of aromatic nitrogens is 4. The highest BCUT2D eigenvalue weighted by Gasteiger charge is 2.45. The zero-order chi connectivity index (χ0) is 16.7. The summed E-state index contributed by atoms with van der Waals surface area (Å²) in [6.07, 6.45) is 4.57. The Labute approximate surface area is 143 Å². The highest BCUT2D eigenvalue weighted by molar-refractivity contribution is 7.71. The minimum atomic E-state index is -0.728. The number of hydrogen-bond acceptors (Lipinski definition) is 6. The summed E-state index contributed by atoms with van der Waals surface area (Å²) in [7, 11) is 0. The summed E-state index contributed by atoms with van der Waals surface area (Å²) in [5.74, 6) is 0.623. The van der Waals surface area contributed by atoms with Crippen LogP contribution in [0.25, 0.3) is 11.4 Å². The van der Waals surface area contributed by atoms with Crippen LogP contribution in [0.15, 0.2) is 37.2 Å². The molecule has 0 N–H and O–H groups in total. The van der Waals surface area contributed by atoms with Gasteiger partial charge in [0, 0.05) is 30.9 Å². The Bertz CT molecular complexity index is 845. The Morgan fingerprint density at radius 1 is 1.50 bits per heavy atom. The second-order valence-corrected chi connectivity index (χ2v) is 6.13. The average Bonchev–Trinajstić information content (AvgIpc) is 3.17. The van der Waals surface area contributed by atoms with Gasteiger partial charge in [-0.3, -0.25) is 14.3 Å². The number of hydrogen-bond donors (Lipinski definition) is 0. The molecule has 2 aromatic heterocycles. The standard InChI is InChI=1S/C16H16N4O3S/c1-2-6-19-14(10-4-3-5-17-8-10)18-20(16(19)24)11-7-12(21)15-22-9-13(11)23-15/h2-5,8,11,13,15H,1,6-7,9H2. The average molecular weight is 344 g/mol. The molecule has 2 aliphatic rings. The number of rotatable bonds is 4. The van der Waals surface area contributed by atoms with Crippen molar-refractivity contribution in [2.75, 3.05) is 6.61 Å². The van der Waals surface area contributed by atoms with Gasteiger partial charge in [-0.2, -0.15) is 5.10 Å². The zero-order valence-corrected chi connectivity index (χ0v) is 13.7. The summed E-state index contributed by atoms with van der Waals surface area (Å²) in [6, 6.07) is 3.51. The monoisotopic (exact) mass is 344 g/mol. The van der Waals surface area contributed by atoms with Crippen LogP contribution >= 0.6 is 12.2 Å². The van der Waals surface area contributed by atoms with Crippen molar-refractivity contribution in [1.29, 1.82) is 0 Å². The van der Waals surface area contributed by atoms with E-state index in [1.54, 1.807) is 23.2 Å². The van der Waals surface area contributed by atoms with E-state index < -0.39 is 6.29 Å². The summed E-state index contributed by atoms with van der Waals surface area (Å²) in [6.45, 7) is 4.68. The van der Waals surface area contributed by atoms with Crippen LogP contribution in [0, 0.1) is 4.77 Å². The molecule has 2 saturated heterocycles. The van der Waals surface area contributed by atoms with Crippen LogP contribution in [0.3, 0.4) is 0 Å². The molecular weight excluding hydrogens is 328 g/mol. The number of nitrogens with zero attached hydrogens (tertiary/aromatic N) is 4. The molecule has 24 heavy (non-hydrogen) atoms. The molecule has 2 bridgehead atoms. The Morgan fingerprint density at radius 3 is 3.12 bits per heavy atom. The lowest BCUT2D eigenvalue weighted by Crippen LogP contribution is -2.37. The molecule has 3 unspecified atom stereocenters. The van der Waals surface area contributed by atoms with Crippen molar-refractivity contribution < 1.29 is 14.3 Å². The predicted octanol–water partition coefficient (Wildman–Crippen LogP) is 1.92. The number of pyridine rings is 1. The van der Waals surface area contributed by atoms with E-state index in [2.05, 4.69) is 16.7 Å². The fraction of sp³-hybridized carbons (Fsp3) is 0.375. The maximum atomic E-state index is 12.1. The normalized spacial score (nSPS) is 25.8. The lowest BCUT2D eigenvalue weighted by molar-refractivity contribution is -0.156. The lowest BCUT2D eigenvalue weighted by Gasteiger charge is -2.26. The molecule has 0 saturated carbocycles. The minimum absolute atomic E-state index is 0.0724. The molecule has 0 amide bonds. The number of fused-ring (bicyclic) bond motifs is 2. The van der Waals surface area contributed by atoms with E-state index in [-0.39, 0.29) is 17.9 Å². The van der Waals surface area contributed by atoms with Crippen LogP contribution < -0.4 is 0 Å². The number of carbonyl (C=O) groups excluding carboxylic acids is 1. The summed E-state index contributed by atoms with van der Waals surface area (Å²) >= 11 is 5.60. The Balaban J connectivity index is 1.81. The maximum Gasteiger partial charge on any atom is 0.218 e. The first-order chi connectivity index (χ1) is 11.7. The van der Waals surface area contributed by atoms with E-state index in [1.807, 2.05) is 16.7 Å². The molecule has 124 valence electrons. The van der Waals surface area contributed by atoms with Gasteiger partial charge in [0.15, 0.2) is 16.4 Å². The molecule has 3 atom stereocenters. The second kappa shape index (κ2) is 6.04. The number of carbonyl (C=O) groups is 1. The van der Waals surface area contributed by atoms with Gasteiger partial charge in [-0.15, -0.1) is 6.58 Å². The highest BCUT2D eigenvalue weighted by atomic mass is 32.1. The molecule has 2 aromatic rings. The van der Waals surface area contributed by atoms with Gasteiger partial charge in [0.2, 0.25) is 6.29 Å². The summed E-state index contributed by atoms with van der Waals surface area (Å²) in [4.78, 5) is 16.2. The number of allylic oxidation sites excluding steroid dienone is 1. The molecule has 2 aliphatic heterocycles. The van der Waals surface area contributed by atoms with Crippen molar-refractivity contribution in [3.8, 4) is 11.4 Å². The van der Waals surface area contributed by atoms with Gasteiger partial charge in [-0.1, -0.05) is 6.08 Å². The molecule has 4 rings (SSSR count). The van der Waals surface area contributed by atoms with Crippen LogP contribution in [0.2, 0.25) is 0 Å². The van der Waals surface area contributed by atoms with Crippen molar-refractivity contribution >= 4 is 18.0 Å². The van der Waals surface area contributed by atoms with Crippen molar-refractivity contribution in [2.24, 2.45) is 0 Å². The van der Waals surface area contributed by atoms with Crippen molar-refractivity contribution in [3.63, 3.8) is 0 Å². The minimum Gasteiger partial charge on any atom is -0.343 e. The summed E-state index contributed by atoms with van der Waals surface area (Å²) in [5.41, 5.74) is 0.854. The first-order valence-electron chi connectivity index (χ1n) is 7.69. The predicted molar refractivity (Wildman–Crippen MR) is 87.8 cm³/mol. The smallest absolute Gasteiger partial charge is 0.218 e. The van der Waals surface area contributed by atoms with Crippen LogP contribution in [-0.4, -0.2) is 44.1 Å². The van der Waals surface area contributed by atoms with E-state index in [9.17, 15) is 4.79 Å². The Hall–Kier alpha value is -2.16. The summed E-state index contributed by atoms with van der Waals surface area (Å²) in [5, 5.41) is 4.67. The maximum absolute atomic E-state index is 12.1. The molecule has 8 heteroatoms. The largest absolute Gasteiger partial charge is 0.343 e. The van der Waals surface area contributed by atoms with Crippen LogP contribution in [0.1, 0.15) is 12.5 Å². The van der Waals surface area contributed by atoms with E-state index in [0.29, 0.717) is 30.2 Å². The molecule has 0 aliphatic carbocycles. The molecule has 0 aromatic carbocycles. The molecule has 7 nitrogen and oxygen atoms in total. The number of Topliss-reactive ketones (excluding diaryl/α,β-unsaturated/α-hetero) is 1. The second-order valence-electron chi connectivity index (χ2n) is 5.77. The van der Waals surface area contributed by atoms with E-state index in [4.69, 9.17) is 21.7 Å². The van der Waals surface area contributed by atoms with Crippen molar-refractivity contribution in [2.45, 2.75) is 31.4 Å². The molecule has 0 spiro atoms. The van der Waals surface area contributed by atoms with Crippen molar-refractivity contribution in [1.82, 2.24) is 19.3 Å². The topological polar surface area (TPSA) is 71.2 Å². The van der Waals surface area contributed by atoms with Gasteiger partial charge in [-0.25, -0.2) is 4.68 Å². The van der Waals surface area contributed by atoms with Gasteiger partial charge >= 0.3 is 0 Å². The highest BCUT2D eigenvalue weighted by Crippen LogP contribution is 2.33. The Morgan fingerprint density at radius 2 is 2.38 bits per heavy atom. The molecule has 0 radical (unpaired) electrons. The van der Waals surface area contributed by atoms with Crippen molar-refractivity contribution in [3.05, 3.63) is 42.0 Å². The SMILES string of the molecule is C=CCn1c(-c2cccnc2)nn(C2CC(=O)C3OCC2O3)c1=S. The Kier molecular flexibility index (Phi) is 3.87. The van der Waals surface area contributed by atoms with Gasteiger partial charge < -0.3 is 9.47 Å². The van der Waals surface area contributed by atoms with E-state index >= 15 is 0 Å². The molecular formula is C16H16N4O3S. The zero-order valence-electron chi connectivity index (χ0n) is 12.9. The summed E-state index contributed by atoms with van der Waals surface area (Å²) < 4.78 is 15.1. The molecule has 2 fully saturated rings. The third-order valence-electron chi connectivity index (χ3n) is 4.24. The first kappa shape index (κ1) is 15.4. The van der Waals surface area contributed by atoms with Gasteiger partial charge in [-0.05, 0) is 24.4 Å². The van der Waals surface area contributed by atoms with Crippen LogP contribution in [-0.2, 0) is 20.8 Å². The van der Waals surface area contributed by atoms with E-state index in [0.717, 1.165) is 5.56 Å². The van der Waals surface area contributed by atoms with Crippen LogP contribution in [0.4, 0.5) is 0 Å². The van der Waals surface area contributed by atoms with Gasteiger partial charge in [0.05, 0.1) is 12.6 Å². The van der Waals surface area contributed by atoms with E-state index in [1.165, 1.54) is 0 Å². The first-order valence-corrected chi connectivity index (χ1v) is 8.10. The van der Waals surface area contributed by atoms with Crippen LogP contribution in [0.5, 0.6) is 0 Å². The number of ketones is 1. The quantitative estimate of drug-likeness (QED) is 0.623. The lowest BCUT2D eigenvalue weighted by atomic mass is 10.0. The fourth-order valence-electron chi connectivity index (χ4n) is 3.10. The van der Waals surface area contributed by atoms with Gasteiger partial charge in [0.1, 0.15) is 6.10 Å². The third-order valence-corrected chi connectivity index (χ3v) is 4.65. The third kappa shape index (κ3) is 2.43. The fourth-order valence-corrected chi connectivity index (χ4v) is 3.44. The molecule has 4 heterocycles.